The first-order valence-corrected chi connectivity index (χ1v) is 9.77. The van der Waals surface area contributed by atoms with Crippen molar-refractivity contribution in [3.05, 3.63) is 36.4 Å². The first-order chi connectivity index (χ1) is 13.7. The molecule has 8 nitrogen and oxygen atoms in total. The number of aromatic nitrogens is 2. The van der Waals surface area contributed by atoms with Crippen LogP contribution in [0.2, 0.25) is 0 Å². The number of nitrogens with zero attached hydrogens (tertiary/aromatic N) is 5. The molecule has 2 aliphatic heterocycles. The summed E-state index contributed by atoms with van der Waals surface area (Å²) in [5.41, 5.74) is 0.681. The van der Waals surface area contributed by atoms with Gasteiger partial charge in [-0.05, 0) is 37.1 Å². The highest BCUT2D eigenvalue weighted by Gasteiger charge is 2.23. The average molecular weight is 382 g/mol. The van der Waals surface area contributed by atoms with Gasteiger partial charge in [-0.25, -0.2) is 4.79 Å². The fraction of sp³-hybridized carbons (Fsp3) is 0.450. The molecule has 8 heteroatoms. The van der Waals surface area contributed by atoms with Gasteiger partial charge in [-0.3, -0.25) is 0 Å². The highest BCUT2D eigenvalue weighted by Crippen LogP contribution is 2.24. The second-order valence-electron chi connectivity index (χ2n) is 7.05. The highest BCUT2D eigenvalue weighted by atomic mass is 16.5. The van der Waals surface area contributed by atoms with Crippen molar-refractivity contribution >= 4 is 23.4 Å². The van der Waals surface area contributed by atoms with Gasteiger partial charge >= 0.3 is 6.03 Å². The van der Waals surface area contributed by atoms with Crippen molar-refractivity contribution in [2.24, 2.45) is 0 Å². The predicted molar refractivity (Wildman–Crippen MR) is 109 cm³/mol. The molecule has 2 aliphatic rings. The first-order valence-electron chi connectivity index (χ1n) is 9.77. The molecule has 1 aromatic carbocycles. The molecule has 4 rings (SSSR count). The molecule has 0 bridgehead atoms. The van der Waals surface area contributed by atoms with E-state index in [1.807, 2.05) is 35.2 Å². The van der Waals surface area contributed by atoms with E-state index in [0.717, 1.165) is 37.8 Å². The van der Waals surface area contributed by atoms with Crippen molar-refractivity contribution in [1.29, 1.82) is 0 Å². The summed E-state index contributed by atoms with van der Waals surface area (Å²) >= 11 is 0. The fourth-order valence-corrected chi connectivity index (χ4v) is 3.68. The van der Waals surface area contributed by atoms with E-state index >= 15 is 0 Å². The molecular formula is C20H26N6O2. The minimum Gasteiger partial charge on any atom is -0.495 e. The van der Waals surface area contributed by atoms with Crippen LogP contribution in [0.15, 0.2) is 36.4 Å². The van der Waals surface area contributed by atoms with Gasteiger partial charge in [-0.1, -0.05) is 12.1 Å². The zero-order valence-electron chi connectivity index (χ0n) is 16.2. The number of nitrogens with one attached hydrogen (secondary N) is 1. The Morgan fingerprint density at radius 1 is 0.893 bits per heavy atom. The van der Waals surface area contributed by atoms with E-state index in [1.54, 1.807) is 7.11 Å². The standard InChI is InChI=1S/C20H26N6O2/c1-28-17-7-3-2-6-16(17)21-20(27)26-14-12-25(13-15-26)19-9-8-18(22-23-19)24-10-4-5-11-24/h2-3,6-9H,4-5,10-15H2,1H3,(H,21,27). The van der Waals surface area contributed by atoms with E-state index in [2.05, 4.69) is 31.4 Å². The lowest BCUT2D eigenvalue weighted by atomic mass is 10.3. The summed E-state index contributed by atoms with van der Waals surface area (Å²) in [5, 5.41) is 11.7. The molecule has 2 amide bonds. The van der Waals surface area contributed by atoms with E-state index in [9.17, 15) is 4.79 Å². The van der Waals surface area contributed by atoms with Crippen molar-refractivity contribution < 1.29 is 9.53 Å². The van der Waals surface area contributed by atoms with Crippen LogP contribution in [0.3, 0.4) is 0 Å². The molecule has 2 fully saturated rings. The van der Waals surface area contributed by atoms with Crippen LogP contribution in [0, 0.1) is 0 Å². The lowest BCUT2D eigenvalue weighted by molar-refractivity contribution is 0.208. The quantitative estimate of drug-likeness (QED) is 0.876. The Labute approximate surface area is 165 Å². The zero-order chi connectivity index (χ0) is 19.3. The first kappa shape index (κ1) is 18.3. The number of hydrogen-bond acceptors (Lipinski definition) is 6. The van der Waals surface area contributed by atoms with Gasteiger partial charge < -0.3 is 24.8 Å². The van der Waals surface area contributed by atoms with Crippen molar-refractivity contribution in [3.8, 4) is 5.75 Å². The lowest BCUT2D eigenvalue weighted by Crippen LogP contribution is -2.50. The van der Waals surface area contributed by atoms with E-state index < -0.39 is 0 Å². The molecule has 1 aromatic heterocycles. The number of ether oxygens (including phenoxy) is 1. The highest BCUT2D eigenvalue weighted by molar-refractivity contribution is 5.91. The largest absolute Gasteiger partial charge is 0.495 e. The number of piperazine rings is 1. The smallest absolute Gasteiger partial charge is 0.322 e. The molecule has 0 aliphatic carbocycles. The molecule has 0 radical (unpaired) electrons. The van der Waals surface area contributed by atoms with E-state index in [4.69, 9.17) is 4.74 Å². The van der Waals surface area contributed by atoms with Gasteiger partial charge in [0.15, 0.2) is 11.6 Å². The van der Waals surface area contributed by atoms with Gasteiger partial charge in [0, 0.05) is 39.3 Å². The third-order valence-electron chi connectivity index (χ3n) is 5.31. The maximum atomic E-state index is 12.6. The van der Waals surface area contributed by atoms with Gasteiger partial charge in [0.05, 0.1) is 12.8 Å². The summed E-state index contributed by atoms with van der Waals surface area (Å²) in [7, 11) is 1.60. The Bertz CT molecular complexity index is 799. The minimum absolute atomic E-state index is 0.111. The van der Waals surface area contributed by atoms with Crippen LogP contribution in [0.1, 0.15) is 12.8 Å². The van der Waals surface area contributed by atoms with E-state index in [1.165, 1.54) is 12.8 Å². The van der Waals surface area contributed by atoms with Crippen LogP contribution in [-0.2, 0) is 0 Å². The average Bonchev–Trinajstić information content (AvgIpc) is 3.29. The third-order valence-corrected chi connectivity index (χ3v) is 5.31. The number of para-hydroxylation sites is 2. The molecule has 0 unspecified atom stereocenters. The number of carbonyl (C=O) groups excluding carboxylic acids is 1. The molecular weight excluding hydrogens is 356 g/mol. The van der Waals surface area contributed by atoms with Crippen LogP contribution < -0.4 is 19.9 Å². The molecule has 2 saturated heterocycles. The number of methoxy groups -OCH3 is 1. The number of hydrogen-bond donors (Lipinski definition) is 1. The second-order valence-corrected chi connectivity index (χ2v) is 7.05. The van der Waals surface area contributed by atoms with Crippen LogP contribution >= 0.6 is 0 Å². The Morgan fingerprint density at radius 2 is 1.50 bits per heavy atom. The molecule has 148 valence electrons. The van der Waals surface area contributed by atoms with Crippen molar-refractivity contribution in [2.75, 3.05) is 61.5 Å². The topological polar surface area (TPSA) is 73.8 Å². The predicted octanol–water partition coefficient (Wildman–Crippen LogP) is 2.44. The molecule has 0 atom stereocenters. The van der Waals surface area contributed by atoms with Crippen LogP contribution in [-0.4, -0.2) is 67.5 Å². The molecule has 3 heterocycles. The van der Waals surface area contributed by atoms with Gasteiger partial charge in [0.1, 0.15) is 5.75 Å². The maximum Gasteiger partial charge on any atom is 0.322 e. The Balaban J connectivity index is 1.32. The normalized spacial score (nSPS) is 17.0. The number of rotatable bonds is 4. The summed E-state index contributed by atoms with van der Waals surface area (Å²) in [6.45, 7) is 4.86. The lowest BCUT2D eigenvalue weighted by Gasteiger charge is -2.35. The van der Waals surface area contributed by atoms with Crippen molar-refractivity contribution in [3.63, 3.8) is 0 Å². The second kappa shape index (κ2) is 8.33. The number of carbonyl (C=O) groups is 1. The fourth-order valence-electron chi connectivity index (χ4n) is 3.68. The minimum atomic E-state index is -0.111. The van der Waals surface area contributed by atoms with Crippen LogP contribution in [0.4, 0.5) is 22.1 Å². The summed E-state index contributed by atoms with van der Waals surface area (Å²) < 4.78 is 5.29. The van der Waals surface area contributed by atoms with Gasteiger partial charge in [-0.2, -0.15) is 0 Å². The number of anilines is 3. The SMILES string of the molecule is COc1ccccc1NC(=O)N1CCN(c2ccc(N3CCCC3)nn2)CC1. The zero-order valence-corrected chi connectivity index (χ0v) is 16.2. The molecule has 2 aromatic rings. The number of amides is 2. The molecule has 0 saturated carbocycles. The summed E-state index contributed by atoms with van der Waals surface area (Å²) in [4.78, 5) is 18.8. The van der Waals surface area contributed by atoms with Crippen LogP contribution in [0.25, 0.3) is 0 Å². The van der Waals surface area contributed by atoms with Crippen LogP contribution in [0.5, 0.6) is 5.75 Å². The van der Waals surface area contributed by atoms with E-state index in [-0.39, 0.29) is 6.03 Å². The Hall–Kier alpha value is -3.03. The number of urea groups is 1. The molecule has 0 spiro atoms. The summed E-state index contributed by atoms with van der Waals surface area (Å²) in [5.74, 6) is 2.48. The summed E-state index contributed by atoms with van der Waals surface area (Å²) in [6.07, 6.45) is 2.45. The van der Waals surface area contributed by atoms with Gasteiger partial charge in [0.2, 0.25) is 0 Å². The molecule has 28 heavy (non-hydrogen) atoms. The molecule has 1 N–H and O–H groups in total. The van der Waals surface area contributed by atoms with Crippen molar-refractivity contribution in [2.45, 2.75) is 12.8 Å². The van der Waals surface area contributed by atoms with Crippen molar-refractivity contribution in [1.82, 2.24) is 15.1 Å². The van der Waals surface area contributed by atoms with E-state index in [0.29, 0.717) is 24.5 Å². The maximum absolute atomic E-state index is 12.6. The summed E-state index contributed by atoms with van der Waals surface area (Å²) in [6, 6.07) is 11.4. The number of benzene rings is 1. The Morgan fingerprint density at radius 3 is 2.11 bits per heavy atom. The Kier molecular flexibility index (Phi) is 5.45. The van der Waals surface area contributed by atoms with Gasteiger partial charge in [0.25, 0.3) is 0 Å². The monoisotopic (exact) mass is 382 g/mol. The van der Waals surface area contributed by atoms with Gasteiger partial charge in [-0.15, -0.1) is 10.2 Å². The third kappa shape index (κ3) is 3.95.